The van der Waals surface area contributed by atoms with Crippen LogP contribution in [0, 0.1) is 12.8 Å². The van der Waals surface area contributed by atoms with E-state index in [4.69, 9.17) is 0 Å². The monoisotopic (exact) mass is 312 g/mol. The van der Waals surface area contributed by atoms with Crippen LogP contribution in [0.15, 0.2) is 30.3 Å². The molecule has 1 heterocycles. The summed E-state index contributed by atoms with van der Waals surface area (Å²) in [6.45, 7) is 8.93. The van der Waals surface area contributed by atoms with Gasteiger partial charge in [-0.15, -0.1) is 0 Å². The topological polar surface area (TPSA) is 66.9 Å². The predicted molar refractivity (Wildman–Crippen MR) is 93.9 cm³/mol. The summed E-state index contributed by atoms with van der Waals surface area (Å²) in [5.74, 6) is 1.52. The zero-order chi connectivity index (χ0) is 16.8. The quantitative estimate of drug-likeness (QED) is 0.854. The van der Waals surface area contributed by atoms with E-state index in [1.165, 1.54) is 5.56 Å². The Labute approximate surface area is 137 Å². The summed E-state index contributed by atoms with van der Waals surface area (Å²) < 4.78 is 0. The van der Waals surface area contributed by atoms with Crippen LogP contribution in [0.1, 0.15) is 42.6 Å². The molecule has 1 aromatic carbocycles. The highest BCUT2D eigenvalue weighted by molar-refractivity contribution is 6.03. The molecule has 0 aliphatic rings. The fraction of sp³-hybridized carbons (Fsp3) is 0.389. The molecule has 23 heavy (non-hydrogen) atoms. The molecule has 1 amide bonds. The summed E-state index contributed by atoms with van der Waals surface area (Å²) in [7, 11) is 0. The zero-order valence-corrected chi connectivity index (χ0v) is 14.2. The van der Waals surface area contributed by atoms with Gasteiger partial charge in [0.2, 0.25) is 0 Å². The number of rotatable bonds is 6. The zero-order valence-electron chi connectivity index (χ0n) is 14.2. The van der Waals surface area contributed by atoms with E-state index >= 15 is 0 Å². The van der Waals surface area contributed by atoms with Crippen LogP contribution in [-0.4, -0.2) is 22.4 Å². The minimum atomic E-state index is -0.229. The number of amides is 1. The number of hydrogen-bond acceptors (Lipinski definition) is 4. The molecule has 122 valence electrons. The van der Waals surface area contributed by atoms with Crippen LogP contribution in [0.5, 0.6) is 0 Å². The Morgan fingerprint density at radius 2 is 1.87 bits per heavy atom. The van der Waals surface area contributed by atoms with Crippen molar-refractivity contribution in [3.63, 3.8) is 0 Å². The second-order valence-electron chi connectivity index (χ2n) is 5.96. The van der Waals surface area contributed by atoms with Gasteiger partial charge in [-0.05, 0) is 37.0 Å². The predicted octanol–water partition coefficient (Wildman–Crippen LogP) is 3.67. The number of carbonyl (C=O) groups excluding carboxylic acids is 1. The van der Waals surface area contributed by atoms with Crippen LogP contribution < -0.4 is 10.6 Å². The Kier molecular flexibility index (Phi) is 5.68. The molecule has 0 aliphatic carbocycles. The number of nitrogens with one attached hydrogen (secondary N) is 2. The van der Waals surface area contributed by atoms with Crippen LogP contribution in [0.3, 0.4) is 0 Å². The van der Waals surface area contributed by atoms with E-state index in [0.29, 0.717) is 23.3 Å². The Hall–Kier alpha value is -2.43. The molecular weight excluding hydrogens is 288 g/mol. The maximum Gasteiger partial charge on any atom is 0.274 e. The molecule has 0 fully saturated rings. The molecule has 0 spiro atoms. The van der Waals surface area contributed by atoms with Crippen LogP contribution in [0.25, 0.3) is 0 Å². The van der Waals surface area contributed by atoms with Crippen molar-refractivity contribution >= 4 is 17.4 Å². The molecule has 1 aromatic heterocycles. The second-order valence-corrected chi connectivity index (χ2v) is 5.96. The van der Waals surface area contributed by atoms with Gasteiger partial charge >= 0.3 is 0 Å². The van der Waals surface area contributed by atoms with Gasteiger partial charge in [-0.2, -0.15) is 0 Å². The Morgan fingerprint density at radius 1 is 1.17 bits per heavy atom. The van der Waals surface area contributed by atoms with Gasteiger partial charge in [-0.1, -0.05) is 32.9 Å². The van der Waals surface area contributed by atoms with Gasteiger partial charge in [0.1, 0.15) is 17.3 Å². The molecule has 0 bridgehead atoms. The molecule has 2 N–H and O–H groups in total. The first-order chi connectivity index (χ1) is 11.0. The minimum Gasteiger partial charge on any atom is -0.370 e. The summed E-state index contributed by atoms with van der Waals surface area (Å²) >= 11 is 0. The summed E-state index contributed by atoms with van der Waals surface area (Å²) in [6.07, 6.45) is 0.976. The highest BCUT2D eigenvalue weighted by Crippen LogP contribution is 2.13. The molecule has 0 unspecified atom stereocenters. The van der Waals surface area contributed by atoms with E-state index in [1.807, 2.05) is 24.3 Å². The van der Waals surface area contributed by atoms with Gasteiger partial charge in [-0.3, -0.25) is 4.79 Å². The smallest absolute Gasteiger partial charge is 0.274 e. The van der Waals surface area contributed by atoms with Crippen molar-refractivity contribution in [1.82, 2.24) is 9.97 Å². The van der Waals surface area contributed by atoms with E-state index < -0.39 is 0 Å². The standard InChI is InChI=1S/C18H24N4O/c1-5-14-6-8-15(9-7-14)22-18(23)16-10-17(19-11-12(2)3)21-13(4)20-16/h6-10,12H,5,11H2,1-4H3,(H,22,23)(H,19,20,21). The summed E-state index contributed by atoms with van der Waals surface area (Å²) in [5, 5.41) is 6.10. The number of aryl methyl sites for hydroxylation is 2. The highest BCUT2D eigenvalue weighted by atomic mass is 16.1. The summed E-state index contributed by atoms with van der Waals surface area (Å²) in [5.41, 5.74) is 2.37. The van der Waals surface area contributed by atoms with Crippen LogP contribution in [0.4, 0.5) is 11.5 Å². The third-order valence-electron chi connectivity index (χ3n) is 3.38. The lowest BCUT2D eigenvalue weighted by Crippen LogP contribution is -2.16. The van der Waals surface area contributed by atoms with Crippen molar-refractivity contribution in [3.8, 4) is 0 Å². The van der Waals surface area contributed by atoms with Crippen molar-refractivity contribution < 1.29 is 4.79 Å². The van der Waals surface area contributed by atoms with Crippen LogP contribution in [-0.2, 0) is 6.42 Å². The summed E-state index contributed by atoms with van der Waals surface area (Å²) in [4.78, 5) is 20.9. The molecule has 0 saturated heterocycles. The molecule has 5 heteroatoms. The van der Waals surface area contributed by atoms with Gasteiger partial charge in [0, 0.05) is 18.3 Å². The molecule has 0 saturated carbocycles. The van der Waals surface area contributed by atoms with Crippen molar-refractivity contribution in [2.75, 3.05) is 17.2 Å². The van der Waals surface area contributed by atoms with Crippen molar-refractivity contribution in [2.24, 2.45) is 5.92 Å². The van der Waals surface area contributed by atoms with E-state index in [0.717, 1.165) is 18.7 Å². The molecule has 5 nitrogen and oxygen atoms in total. The maximum absolute atomic E-state index is 12.4. The first-order valence-corrected chi connectivity index (χ1v) is 7.97. The molecule has 0 radical (unpaired) electrons. The summed E-state index contributed by atoms with van der Waals surface area (Å²) in [6, 6.07) is 9.52. The molecule has 2 aromatic rings. The molecule has 2 rings (SSSR count). The SMILES string of the molecule is CCc1ccc(NC(=O)c2cc(NCC(C)C)nc(C)n2)cc1. The van der Waals surface area contributed by atoms with Gasteiger partial charge in [0.05, 0.1) is 0 Å². The van der Waals surface area contributed by atoms with Crippen molar-refractivity contribution in [2.45, 2.75) is 34.1 Å². The molecule has 0 aliphatic heterocycles. The van der Waals surface area contributed by atoms with Crippen molar-refractivity contribution in [3.05, 3.63) is 47.4 Å². The number of hydrogen-bond donors (Lipinski definition) is 2. The Morgan fingerprint density at radius 3 is 2.48 bits per heavy atom. The minimum absolute atomic E-state index is 0.229. The van der Waals surface area contributed by atoms with Crippen molar-refractivity contribution in [1.29, 1.82) is 0 Å². The number of carbonyl (C=O) groups is 1. The number of nitrogens with zero attached hydrogens (tertiary/aromatic N) is 2. The fourth-order valence-corrected chi connectivity index (χ4v) is 2.10. The Balaban J connectivity index is 2.11. The first-order valence-electron chi connectivity index (χ1n) is 7.97. The Bertz CT molecular complexity index is 665. The van der Waals surface area contributed by atoms with Gasteiger partial charge in [-0.25, -0.2) is 9.97 Å². The van der Waals surface area contributed by atoms with Crippen LogP contribution >= 0.6 is 0 Å². The average molecular weight is 312 g/mol. The largest absolute Gasteiger partial charge is 0.370 e. The average Bonchev–Trinajstić information content (AvgIpc) is 2.53. The van der Waals surface area contributed by atoms with E-state index in [-0.39, 0.29) is 5.91 Å². The lowest BCUT2D eigenvalue weighted by Gasteiger charge is -2.10. The lowest BCUT2D eigenvalue weighted by atomic mass is 10.1. The number of benzene rings is 1. The molecular formula is C18H24N4O. The third kappa shape index (κ3) is 5.06. The number of anilines is 2. The first kappa shape index (κ1) is 16.9. The maximum atomic E-state index is 12.4. The van der Waals surface area contributed by atoms with E-state index in [2.05, 4.69) is 41.4 Å². The fourth-order valence-electron chi connectivity index (χ4n) is 2.10. The van der Waals surface area contributed by atoms with Crippen LogP contribution in [0.2, 0.25) is 0 Å². The van der Waals surface area contributed by atoms with Gasteiger partial charge in [0.15, 0.2) is 0 Å². The molecule has 0 atom stereocenters. The number of aromatic nitrogens is 2. The highest BCUT2D eigenvalue weighted by Gasteiger charge is 2.11. The normalized spacial score (nSPS) is 10.7. The second kappa shape index (κ2) is 7.72. The third-order valence-corrected chi connectivity index (χ3v) is 3.38. The van der Waals surface area contributed by atoms with E-state index in [1.54, 1.807) is 13.0 Å². The van der Waals surface area contributed by atoms with E-state index in [9.17, 15) is 4.79 Å². The van der Waals surface area contributed by atoms with Gasteiger partial charge in [0.25, 0.3) is 5.91 Å². The lowest BCUT2D eigenvalue weighted by molar-refractivity contribution is 0.102. The van der Waals surface area contributed by atoms with Gasteiger partial charge < -0.3 is 10.6 Å².